The Balaban J connectivity index is 2.86. The van der Waals surface area contributed by atoms with Crippen LogP contribution in [0.25, 0.3) is 0 Å². The third-order valence-electron chi connectivity index (χ3n) is 2.12. The molecule has 21 heavy (non-hydrogen) atoms. The van der Waals surface area contributed by atoms with Gasteiger partial charge in [-0.05, 0) is 18.2 Å². The number of anilines is 2. The number of nitrogens with two attached hydrogens (primary N) is 1. The molecule has 12 heteroatoms. The third kappa shape index (κ3) is 7.84. The number of hydrogen-bond acceptors (Lipinski definition) is 6. The highest BCUT2D eigenvalue weighted by Crippen LogP contribution is 2.17. The van der Waals surface area contributed by atoms with E-state index < -0.39 is 41.6 Å². The van der Waals surface area contributed by atoms with Crippen molar-refractivity contribution >= 4 is 41.4 Å². The Morgan fingerprint density at radius 1 is 0.952 bits per heavy atom. The Morgan fingerprint density at radius 3 is 1.95 bits per heavy atom. The smallest absolute Gasteiger partial charge is 0.283 e. The van der Waals surface area contributed by atoms with E-state index in [1.54, 1.807) is 0 Å². The third-order valence-corrected chi connectivity index (χ3v) is 5.13. The van der Waals surface area contributed by atoms with E-state index in [0.29, 0.717) is 0 Å². The van der Waals surface area contributed by atoms with Crippen LogP contribution in [-0.2, 0) is 30.1 Å². The molecule has 0 aliphatic carbocycles. The molecule has 0 atom stereocenters. The van der Waals surface area contributed by atoms with E-state index in [4.69, 9.17) is 5.14 Å². The van der Waals surface area contributed by atoms with Crippen molar-refractivity contribution in [3.63, 3.8) is 0 Å². The van der Waals surface area contributed by atoms with Crippen molar-refractivity contribution < 1.29 is 25.3 Å². The molecule has 0 saturated carbocycles. The summed E-state index contributed by atoms with van der Waals surface area (Å²) in [7, 11) is -11.2. The molecule has 9 nitrogen and oxygen atoms in total. The van der Waals surface area contributed by atoms with Gasteiger partial charge in [-0.1, -0.05) is 6.07 Å². The highest BCUT2D eigenvalue weighted by atomic mass is 32.2. The molecule has 1 aromatic rings. The lowest BCUT2D eigenvalue weighted by molar-refractivity contribution is 0.593. The fraction of sp³-hybridized carbons (Fsp3) is 0.333. The first kappa shape index (κ1) is 17.7. The Kier molecular flexibility index (Phi) is 5.20. The predicted octanol–water partition coefficient (Wildman–Crippen LogP) is -0.912. The highest BCUT2D eigenvalue weighted by Gasteiger charge is 2.15. The number of benzene rings is 1. The zero-order valence-electron chi connectivity index (χ0n) is 11.0. The molecule has 120 valence electrons. The van der Waals surface area contributed by atoms with E-state index in [1.807, 2.05) is 4.72 Å². The van der Waals surface area contributed by atoms with Crippen LogP contribution in [0.15, 0.2) is 24.3 Å². The summed E-state index contributed by atoms with van der Waals surface area (Å²) in [4.78, 5) is 0. The zero-order chi connectivity index (χ0) is 16.3. The van der Waals surface area contributed by atoms with Gasteiger partial charge in [-0.25, -0.2) is 22.0 Å². The highest BCUT2D eigenvalue weighted by molar-refractivity contribution is 7.95. The van der Waals surface area contributed by atoms with Crippen molar-refractivity contribution in [2.75, 3.05) is 27.2 Å². The SMILES string of the molecule is CS(=O)(=O)CCS(=O)(=O)Nc1cccc(NS(N)(=O)=O)c1. The second-order valence-corrected chi connectivity index (χ2v) is 9.67. The van der Waals surface area contributed by atoms with Gasteiger partial charge in [0, 0.05) is 6.26 Å². The van der Waals surface area contributed by atoms with E-state index in [0.717, 1.165) is 6.26 Å². The summed E-state index contributed by atoms with van der Waals surface area (Å²) in [5.74, 6) is -1.11. The molecule has 0 aromatic heterocycles. The molecule has 1 aromatic carbocycles. The van der Waals surface area contributed by atoms with Crippen molar-refractivity contribution in [2.24, 2.45) is 5.14 Å². The van der Waals surface area contributed by atoms with Crippen molar-refractivity contribution in [3.05, 3.63) is 24.3 Å². The number of hydrogen-bond donors (Lipinski definition) is 3. The summed E-state index contributed by atoms with van der Waals surface area (Å²) >= 11 is 0. The average molecular weight is 357 g/mol. The molecule has 0 aliphatic rings. The molecule has 0 fully saturated rings. The van der Waals surface area contributed by atoms with Gasteiger partial charge in [-0.15, -0.1) is 0 Å². The maximum absolute atomic E-state index is 11.7. The number of sulfone groups is 1. The molecule has 4 N–H and O–H groups in total. The fourth-order valence-corrected chi connectivity index (χ4v) is 4.43. The van der Waals surface area contributed by atoms with Crippen LogP contribution >= 0.6 is 0 Å². The van der Waals surface area contributed by atoms with Crippen molar-refractivity contribution in [1.82, 2.24) is 0 Å². The second kappa shape index (κ2) is 6.17. The van der Waals surface area contributed by atoms with E-state index in [1.165, 1.54) is 24.3 Å². The van der Waals surface area contributed by atoms with Gasteiger partial charge in [0.1, 0.15) is 9.84 Å². The summed E-state index contributed by atoms with van der Waals surface area (Å²) in [6.45, 7) is 0. The lowest BCUT2D eigenvalue weighted by Crippen LogP contribution is -2.23. The molecule has 0 heterocycles. The van der Waals surface area contributed by atoms with Gasteiger partial charge in [0.25, 0.3) is 10.2 Å². The first-order valence-electron chi connectivity index (χ1n) is 5.45. The molecular formula is C9H15N3O6S3. The standard InChI is InChI=1S/C9H15N3O6S3/c1-19(13,14)5-6-20(15,16)11-8-3-2-4-9(7-8)12-21(10,17)18/h2-4,7,11-12H,5-6H2,1H3,(H2,10,17,18). The fourth-order valence-electron chi connectivity index (χ4n) is 1.30. The lowest BCUT2D eigenvalue weighted by Gasteiger charge is -2.09. The number of sulfonamides is 1. The molecule has 0 amide bonds. The van der Waals surface area contributed by atoms with Crippen molar-refractivity contribution in [3.8, 4) is 0 Å². The Bertz CT molecular complexity index is 814. The maximum Gasteiger partial charge on any atom is 0.296 e. The first-order valence-corrected chi connectivity index (χ1v) is 10.7. The minimum atomic E-state index is -3.97. The number of rotatable bonds is 7. The van der Waals surface area contributed by atoms with Crippen molar-refractivity contribution in [1.29, 1.82) is 0 Å². The predicted molar refractivity (Wildman–Crippen MR) is 80.3 cm³/mol. The van der Waals surface area contributed by atoms with Crippen LogP contribution in [0, 0.1) is 0 Å². The Hall–Kier alpha value is -1.37. The van der Waals surface area contributed by atoms with Gasteiger partial charge in [0.2, 0.25) is 10.0 Å². The summed E-state index contributed by atoms with van der Waals surface area (Å²) in [5.41, 5.74) is 0.151. The molecule has 0 spiro atoms. The van der Waals surface area contributed by atoms with Gasteiger partial charge in [0.05, 0.1) is 22.9 Å². The van der Waals surface area contributed by atoms with Gasteiger partial charge in [-0.2, -0.15) is 8.42 Å². The van der Waals surface area contributed by atoms with Gasteiger partial charge < -0.3 is 0 Å². The molecule has 0 bridgehead atoms. The quantitative estimate of drug-likeness (QED) is 0.574. The van der Waals surface area contributed by atoms with E-state index in [-0.39, 0.29) is 11.4 Å². The Labute approximate surface area is 123 Å². The van der Waals surface area contributed by atoms with Crippen LogP contribution in [0.1, 0.15) is 0 Å². The van der Waals surface area contributed by atoms with Crippen LogP contribution in [0.2, 0.25) is 0 Å². The molecule has 1 rings (SSSR count). The summed E-state index contributed by atoms with van der Waals surface area (Å²) < 4.78 is 71.2. The molecule has 0 unspecified atom stereocenters. The summed E-state index contributed by atoms with van der Waals surface area (Å²) in [5, 5.41) is 4.80. The molecular weight excluding hydrogens is 342 g/mol. The van der Waals surface area contributed by atoms with Crippen LogP contribution in [-0.4, -0.2) is 43.0 Å². The molecule has 0 saturated heterocycles. The van der Waals surface area contributed by atoms with Crippen LogP contribution in [0.4, 0.5) is 11.4 Å². The van der Waals surface area contributed by atoms with Crippen molar-refractivity contribution in [2.45, 2.75) is 0 Å². The average Bonchev–Trinajstić information content (AvgIpc) is 2.23. The monoisotopic (exact) mass is 357 g/mol. The maximum atomic E-state index is 11.7. The summed E-state index contributed by atoms with van der Waals surface area (Å²) in [6.07, 6.45) is 0.930. The van der Waals surface area contributed by atoms with Gasteiger partial charge in [-0.3, -0.25) is 9.44 Å². The van der Waals surface area contributed by atoms with Crippen LogP contribution in [0.3, 0.4) is 0 Å². The van der Waals surface area contributed by atoms with Crippen LogP contribution < -0.4 is 14.6 Å². The normalized spacial score (nSPS) is 12.9. The minimum absolute atomic E-state index is 0.0702. The van der Waals surface area contributed by atoms with E-state index in [9.17, 15) is 25.3 Å². The molecule has 0 radical (unpaired) electrons. The number of nitrogens with one attached hydrogen (secondary N) is 2. The topological polar surface area (TPSA) is 152 Å². The van der Waals surface area contributed by atoms with E-state index in [2.05, 4.69) is 4.72 Å². The Morgan fingerprint density at radius 2 is 1.48 bits per heavy atom. The molecule has 0 aliphatic heterocycles. The summed E-state index contributed by atoms with van der Waals surface area (Å²) in [6, 6.07) is 5.37. The largest absolute Gasteiger partial charge is 0.296 e. The first-order chi connectivity index (χ1) is 9.36. The second-order valence-electron chi connectivity index (χ2n) is 4.28. The lowest BCUT2D eigenvalue weighted by atomic mass is 10.3. The van der Waals surface area contributed by atoms with Gasteiger partial charge in [0.15, 0.2) is 0 Å². The van der Waals surface area contributed by atoms with E-state index >= 15 is 0 Å². The zero-order valence-corrected chi connectivity index (χ0v) is 13.4. The van der Waals surface area contributed by atoms with Crippen LogP contribution in [0.5, 0.6) is 0 Å². The van der Waals surface area contributed by atoms with Gasteiger partial charge >= 0.3 is 0 Å². The minimum Gasteiger partial charge on any atom is -0.283 e.